The molecule has 10 nitrogen and oxygen atoms in total. The van der Waals surface area contributed by atoms with Gasteiger partial charge in [-0.1, -0.05) is 89.9 Å². The van der Waals surface area contributed by atoms with Crippen LogP contribution >= 0.6 is 23.2 Å². The third-order valence-electron chi connectivity index (χ3n) is 7.83. The second-order valence-electron chi connectivity index (χ2n) is 11.3. The van der Waals surface area contributed by atoms with Gasteiger partial charge >= 0.3 is 12.0 Å². The normalized spacial score (nSPS) is 13.9. The molecule has 5 N–H and O–H groups in total. The molecule has 248 valence electrons. The van der Waals surface area contributed by atoms with E-state index in [-0.39, 0.29) is 59.1 Å². The Balaban J connectivity index is 1.23. The van der Waals surface area contributed by atoms with Gasteiger partial charge in [0, 0.05) is 18.7 Å². The second kappa shape index (κ2) is 16.2. The van der Waals surface area contributed by atoms with Crippen LogP contribution in [0.15, 0.2) is 91.0 Å². The summed E-state index contributed by atoms with van der Waals surface area (Å²) in [4.78, 5) is 52.0. The molecule has 0 aliphatic heterocycles. The standard InChI is InChI=1S/C36H34Cl2N4O6/c37-29-16-25(34(45)39-19-23-9-6-11-27(43)15-23)17-30(38)33(29)35(46)41-26(18-32(44)48-21-22-7-2-1-3-8-22)20-40-36(47)42-31-14-13-24-10-4-5-12-28(24)31/h1-12,15-17,26,31,43H,13-14,18-21H2,(H,39,45)(H,41,46)(H2,40,42,47)/t26?,31-/m1/s1. The van der Waals surface area contributed by atoms with Crippen LogP contribution in [0.2, 0.25) is 10.0 Å². The fourth-order valence-electron chi connectivity index (χ4n) is 5.43. The first-order chi connectivity index (χ1) is 23.2. The smallest absolute Gasteiger partial charge is 0.315 e. The van der Waals surface area contributed by atoms with Gasteiger partial charge in [0.05, 0.1) is 34.1 Å². The molecule has 12 heteroatoms. The van der Waals surface area contributed by atoms with Crippen LogP contribution in [0.4, 0.5) is 4.79 Å². The number of ether oxygens (including phenoxy) is 1. The van der Waals surface area contributed by atoms with Crippen LogP contribution < -0.4 is 21.3 Å². The fraction of sp³-hybridized carbons (Fsp3) is 0.222. The lowest BCUT2D eigenvalue weighted by molar-refractivity contribution is -0.145. The van der Waals surface area contributed by atoms with Crippen LogP contribution in [0.1, 0.15) is 61.9 Å². The minimum atomic E-state index is -0.889. The number of urea groups is 1. The first-order valence-corrected chi connectivity index (χ1v) is 16.1. The Morgan fingerprint density at radius 3 is 2.29 bits per heavy atom. The summed E-state index contributed by atoms with van der Waals surface area (Å²) in [5, 5.41) is 20.6. The molecule has 4 aromatic rings. The highest BCUT2D eigenvalue weighted by atomic mass is 35.5. The molecule has 1 unspecified atom stereocenters. The van der Waals surface area contributed by atoms with Crippen molar-refractivity contribution in [2.45, 2.75) is 44.5 Å². The van der Waals surface area contributed by atoms with Gasteiger partial charge in [0.15, 0.2) is 0 Å². The van der Waals surface area contributed by atoms with Crippen molar-refractivity contribution in [3.63, 3.8) is 0 Å². The van der Waals surface area contributed by atoms with Crippen molar-refractivity contribution in [1.29, 1.82) is 0 Å². The number of carbonyl (C=O) groups is 4. The van der Waals surface area contributed by atoms with Crippen molar-refractivity contribution in [2.24, 2.45) is 0 Å². The molecule has 0 aromatic heterocycles. The van der Waals surface area contributed by atoms with Crippen molar-refractivity contribution in [3.8, 4) is 5.75 Å². The number of fused-ring (bicyclic) bond motifs is 1. The van der Waals surface area contributed by atoms with E-state index in [4.69, 9.17) is 27.9 Å². The quantitative estimate of drug-likeness (QED) is 0.118. The summed E-state index contributed by atoms with van der Waals surface area (Å²) in [6, 6.07) is 24.6. The zero-order valence-corrected chi connectivity index (χ0v) is 27.3. The lowest BCUT2D eigenvalue weighted by Crippen LogP contribution is -2.48. The molecule has 5 rings (SSSR count). The van der Waals surface area contributed by atoms with E-state index in [9.17, 15) is 24.3 Å². The number of rotatable bonds is 12. The highest BCUT2D eigenvalue weighted by Gasteiger charge is 2.26. The van der Waals surface area contributed by atoms with Gasteiger partial charge in [0.2, 0.25) is 0 Å². The molecule has 0 heterocycles. The fourth-order valence-corrected chi connectivity index (χ4v) is 6.09. The van der Waals surface area contributed by atoms with Crippen molar-refractivity contribution >= 4 is 47.0 Å². The molecule has 48 heavy (non-hydrogen) atoms. The second-order valence-corrected chi connectivity index (χ2v) is 12.1. The molecule has 0 fully saturated rings. The van der Waals surface area contributed by atoms with Crippen LogP contribution in [0.25, 0.3) is 0 Å². The summed E-state index contributed by atoms with van der Waals surface area (Å²) in [6.45, 7) is 0.0830. The van der Waals surface area contributed by atoms with E-state index in [1.165, 1.54) is 29.8 Å². The van der Waals surface area contributed by atoms with Crippen molar-refractivity contribution in [2.75, 3.05) is 6.54 Å². The van der Waals surface area contributed by atoms with Crippen molar-refractivity contribution in [3.05, 3.63) is 134 Å². The van der Waals surface area contributed by atoms with E-state index in [2.05, 4.69) is 21.3 Å². The number of carbonyl (C=O) groups excluding carboxylic acids is 4. The van der Waals surface area contributed by atoms with Gasteiger partial charge in [-0.15, -0.1) is 0 Å². The topological polar surface area (TPSA) is 146 Å². The summed E-state index contributed by atoms with van der Waals surface area (Å²) < 4.78 is 5.42. The number of esters is 1. The van der Waals surface area contributed by atoms with Crippen LogP contribution in [0.5, 0.6) is 5.75 Å². The maximum atomic E-state index is 13.5. The Labute approximate surface area is 287 Å². The molecule has 0 radical (unpaired) electrons. The summed E-state index contributed by atoms with van der Waals surface area (Å²) in [7, 11) is 0. The Morgan fingerprint density at radius 2 is 1.54 bits per heavy atom. The summed E-state index contributed by atoms with van der Waals surface area (Å²) in [5.74, 6) is -1.72. The molecule has 4 amide bonds. The molecule has 0 saturated heterocycles. The lowest BCUT2D eigenvalue weighted by Gasteiger charge is -2.21. The largest absolute Gasteiger partial charge is 0.508 e. The average Bonchev–Trinajstić information content (AvgIpc) is 3.47. The molecule has 0 bridgehead atoms. The van der Waals surface area contributed by atoms with Gasteiger partial charge < -0.3 is 31.1 Å². The molecule has 4 aromatic carbocycles. The van der Waals surface area contributed by atoms with Gasteiger partial charge in [0.25, 0.3) is 11.8 Å². The monoisotopic (exact) mass is 688 g/mol. The van der Waals surface area contributed by atoms with E-state index in [1.54, 1.807) is 12.1 Å². The van der Waals surface area contributed by atoms with Gasteiger partial charge in [-0.25, -0.2) is 4.79 Å². The van der Waals surface area contributed by atoms with E-state index in [0.29, 0.717) is 5.56 Å². The summed E-state index contributed by atoms with van der Waals surface area (Å²) in [6.07, 6.45) is 1.36. The first kappa shape index (κ1) is 34.3. The number of phenolic OH excluding ortho intramolecular Hbond substituents is 1. The van der Waals surface area contributed by atoms with E-state index >= 15 is 0 Å². The third-order valence-corrected chi connectivity index (χ3v) is 8.43. The number of hydrogen-bond acceptors (Lipinski definition) is 6. The number of aromatic hydroxyl groups is 1. The van der Waals surface area contributed by atoms with Crippen LogP contribution in [-0.2, 0) is 29.1 Å². The number of phenols is 1. The van der Waals surface area contributed by atoms with Crippen LogP contribution in [0, 0.1) is 0 Å². The predicted molar refractivity (Wildman–Crippen MR) is 182 cm³/mol. The van der Waals surface area contributed by atoms with Gasteiger partial charge in [-0.2, -0.15) is 0 Å². The summed E-state index contributed by atoms with van der Waals surface area (Å²) in [5.41, 5.74) is 3.74. The molecule has 1 aliphatic rings. The van der Waals surface area contributed by atoms with Crippen molar-refractivity contribution in [1.82, 2.24) is 21.3 Å². The highest BCUT2D eigenvalue weighted by molar-refractivity contribution is 6.40. The maximum Gasteiger partial charge on any atom is 0.315 e. The van der Waals surface area contributed by atoms with E-state index in [0.717, 1.165) is 24.0 Å². The molecule has 0 saturated carbocycles. The number of amides is 4. The molecular formula is C36H34Cl2N4O6. The zero-order valence-electron chi connectivity index (χ0n) is 25.8. The first-order valence-electron chi connectivity index (χ1n) is 15.3. The Kier molecular flexibility index (Phi) is 11.5. The minimum Gasteiger partial charge on any atom is -0.508 e. The maximum absolute atomic E-state index is 13.5. The Morgan fingerprint density at radius 1 is 0.833 bits per heavy atom. The number of hydrogen-bond donors (Lipinski definition) is 5. The highest BCUT2D eigenvalue weighted by Crippen LogP contribution is 2.30. The average molecular weight is 690 g/mol. The molecule has 1 aliphatic carbocycles. The van der Waals surface area contributed by atoms with Gasteiger partial charge in [0.1, 0.15) is 12.4 Å². The van der Waals surface area contributed by atoms with Crippen LogP contribution in [0.3, 0.4) is 0 Å². The Hall–Kier alpha value is -5.06. The van der Waals surface area contributed by atoms with E-state index < -0.39 is 29.9 Å². The van der Waals surface area contributed by atoms with Gasteiger partial charge in [-0.05, 0) is 59.4 Å². The molecule has 0 spiro atoms. The number of nitrogens with one attached hydrogen (secondary N) is 4. The van der Waals surface area contributed by atoms with E-state index in [1.807, 2.05) is 54.6 Å². The SMILES string of the molecule is O=C(NCC(CC(=O)OCc1ccccc1)NC(=O)c1c(Cl)cc(C(=O)NCc2cccc(O)c2)cc1Cl)N[C@@H]1CCc2ccccc21. The predicted octanol–water partition coefficient (Wildman–Crippen LogP) is 5.85. The number of aryl methyl sites for hydroxylation is 1. The Bertz CT molecular complexity index is 1780. The molecular weight excluding hydrogens is 655 g/mol. The zero-order chi connectivity index (χ0) is 34.0. The van der Waals surface area contributed by atoms with Crippen molar-refractivity contribution < 1.29 is 29.0 Å². The lowest BCUT2D eigenvalue weighted by atomic mass is 10.1. The van der Waals surface area contributed by atoms with Gasteiger partial charge in [-0.3, -0.25) is 14.4 Å². The summed E-state index contributed by atoms with van der Waals surface area (Å²) >= 11 is 12.9. The third kappa shape index (κ3) is 9.27. The minimum absolute atomic E-state index is 0.0436. The number of benzene rings is 4. The molecule has 2 atom stereocenters. The number of halogens is 2. The van der Waals surface area contributed by atoms with Crippen LogP contribution in [-0.4, -0.2) is 41.5 Å².